The van der Waals surface area contributed by atoms with Crippen LogP contribution in [0.4, 0.5) is 5.82 Å². The topological polar surface area (TPSA) is 79.8 Å². The van der Waals surface area contributed by atoms with Crippen LogP contribution in [0, 0.1) is 0 Å². The molecule has 1 N–H and O–H groups in total. The van der Waals surface area contributed by atoms with E-state index in [2.05, 4.69) is 39.2 Å². The van der Waals surface area contributed by atoms with Crippen molar-refractivity contribution in [3.8, 4) is 11.5 Å². The number of carbonyl (C=O) groups excluding carboxylic acids is 1. The van der Waals surface area contributed by atoms with Crippen molar-refractivity contribution >= 4 is 35.1 Å². The molecular formula is C30H36ClN5O3S. The molecule has 1 aromatic heterocycles. The predicted octanol–water partition coefficient (Wildman–Crippen LogP) is 5.78. The van der Waals surface area contributed by atoms with E-state index in [9.17, 15) is 4.79 Å². The third-order valence-corrected chi connectivity index (χ3v) is 8.19. The van der Waals surface area contributed by atoms with Crippen molar-refractivity contribution in [2.24, 2.45) is 0 Å². The van der Waals surface area contributed by atoms with E-state index in [0.717, 1.165) is 68.4 Å². The lowest BCUT2D eigenvalue weighted by atomic mass is 10.1. The van der Waals surface area contributed by atoms with E-state index >= 15 is 0 Å². The molecule has 2 aliphatic heterocycles. The summed E-state index contributed by atoms with van der Waals surface area (Å²) in [7, 11) is 0. The molecule has 0 aliphatic carbocycles. The van der Waals surface area contributed by atoms with Crippen LogP contribution in [-0.4, -0.2) is 60.3 Å². The molecule has 2 aliphatic rings. The molecule has 212 valence electrons. The molecule has 8 nitrogen and oxygen atoms in total. The monoisotopic (exact) mass is 581 g/mol. The number of piperazine rings is 1. The molecule has 40 heavy (non-hydrogen) atoms. The van der Waals surface area contributed by atoms with Gasteiger partial charge in [0.15, 0.2) is 16.7 Å². The predicted molar refractivity (Wildman–Crippen MR) is 160 cm³/mol. The second-order valence-corrected chi connectivity index (χ2v) is 11.4. The molecule has 1 amide bonds. The number of rotatable bonds is 12. The molecule has 1 saturated heterocycles. The summed E-state index contributed by atoms with van der Waals surface area (Å²) >= 11 is 7.93. The first kappa shape index (κ1) is 28.5. The van der Waals surface area contributed by atoms with E-state index in [0.29, 0.717) is 35.0 Å². The summed E-state index contributed by atoms with van der Waals surface area (Å²) in [5.74, 6) is 3.11. The van der Waals surface area contributed by atoms with Crippen LogP contribution < -0.4 is 19.7 Å². The van der Waals surface area contributed by atoms with E-state index in [1.165, 1.54) is 30.2 Å². The van der Waals surface area contributed by atoms with Crippen LogP contribution in [0.15, 0.2) is 53.7 Å². The summed E-state index contributed by atoms with van der Waals surface area (Å²) < 4.78 is 10.9. The van der Waals surface area contributed by atoms with Gasteiger partial charge in [-0.25, -0.2) is 9.97 Å². The van der Waals surface area contributed by atoms with Crippen LogP contribution in [0.1, 0.15) is 54.1 Å². The summed E-state index contributed by atoms with van der Waals surface area (Å²) in [4.78, 5) is 26.5. The number of benzene rings is 2. The molecule has 5 rings (SSSR count). The van der Waals surface area contributed by atoms with Crippen molar-refractivity contribution in [2.75, 3.05) is 44.4 Å². The molecule has 3 heterocycles. The first-order valence-electron chi connectivity index (χ1n) is 14.0. The summed E-state index contributed by atoms with van der Waals surface area (Å²) in [5, 5.41) is 4.10. The van der Waals surface area contributed by atoms with Gasteiger partial charge in [0.1, 0.15) is 11.0 Å². The Balaban J connectivity index is 1.12. The highest BCUT2D eigenvalue weighted by Gasteiger charge is 2.21. The zero-order valence-corrected chi connectivity index (χ0v) is 24.5. The van der Waals surface area contributed by atoms with Gasteiger partial charge in [-0.1, -0.05) is 67.7 Å². The Hall–Kier alpha value is -3.01. The molecule has 10 heteroatoms. The average molecular weight is 582 g/mol. The Kier molecular flexibility index (Phi) is 10.0. The number of amides is 1. The Morgan fingerprint density at radius 1 is 0.975 bits per heavy atom. The van der Waals surface area contributed by atoms with Crippen LogP contribution in [0.25, 0.3) is 0 Å². The number of nitrogens with one attached hydrogen (secondary N) is 1. The largest absolute Gasteiger partial charge is 0.454 e. The Morgan fingerprint density at radius 3 is 2.67 bits per heavy atom. The number of aromatic nitrogens is 2. The van der Waals surface area contributed by atoms with Crippen molar-refractivity contribution in [3.63, 3.8) is 0 Å². The van der Waals surface area contributed by atoms with Crippen LogP contribution in [-0.2, 0) is 12.3 Å². The first-order valence-corrected chi connectivity index (χ1v) is 15.3. The number of fused-ring (bicyclic) bond motifs is 1. The fourth-order valence-corrected chi connectivity index (χ4v) is 5.87. The second-order valence-electron chi connectivity index (χ2n) is 10.1. The molecule has 0 spiro atoms. The van der Waals surface area contributed by atoms with Crippen molar-refractivity contribution in [1.29, 1.82) is 0 Å². The number of thioether (sulfide) groups is 1. The van der Waals surface area contributed by atoms with E-state index in [1.807, 2.05) is 36.4 Å². The van der Waals surface area contributed by atoms with Gasteiger partial charge in [0.2, 0.25) is 6.79 Å². The lowest BCUT2D eigenvalue weighted by Gasteiger charge is -2.35. The third kappa shape index (κ3) is 7.80. The number of carbonyl (C=O) groups is 1. The number of ether oxygens (including phenoxy) is 2. The minimum atomic E-state index is -0.0256. The summed E-state index contributed by atoms with van der Waals surface area (Å²) in [6.07, 6.45) is 4.55. The van der Waals surface area contributed by atoms with Crippen molar-refractivity contribution in [2.45, 2.75) is 50.1 Å². The molecule has 0 bridgehead atoms. The lowest BCUT2D eigenvalue weighted by Crippen LogP contribution is -2.46. The average Bonchev–Trinajstić information content (AvgIpc) is 3.44. The standard InChI is InChI=1S/C30H36ClN5O3S/c1-2-3-4-5-11-32-29(37)24-8-6-7-23(16-24)20-40-30-33-27(31)18-28(34-30)36-14-12-35(13-15-36)19-22-9-10-25-26(17-22)39-21-38-25/h6-10,16-18H,2-5,11-15,19-21H2,1H3,(H,32,37). The maximum Gasteiger partial charge on any atom is 0.251 e. The van der Waals surface area contributed by atoms with Gasteiger partial charge in [-0.3, -0.25) is 9.69 Å². The van der Waals surface area contributed by atoms with Crippen molar-refractivity contribution < 1.29 is 14.3 Å². The molecule has 3 aromatic rings. The minimum Gasteiger partial charge on any atom is -0.454 e. The zero-order chi connectivity index (χ0) is 27.7. The van der Waals surface area contributed by atoms with Gasteiger partial charge in [-0.15, -0.1) is 0 Å². The lowest BCUT2D eigenvalue weighted by molar-refractivity contribution is 0.0953. The fourth-order valence-electron chi connectivity index (χ4n) is 4.85. The zero-order valence-electron chi connectivity index (χ0n) is 22.9. The van der Waals surface area contributed by atoms with Gasteiger partial charge in [-0.05, 0) is 41.8 Å². The highest BCUT2D eigenvalue weighted by atomic mass is 35.5. The van der Waals surface area contributed by atoms with E-state index < -0.39 is 0 Å². The van der Waals surface area contributed by atoms with Crippen molar-refractivity contribution in [3.05, 3.63) is 70.4 Å². The van der Waals surface area contributed by atoms with Crippen LogP contribution in [0.5, 0.6) is 11.5 Å². The maximum atomic E-state index is 12.6. The van der Waals surface area contributed by atoms with Crippen LogP contribution in [0.2, 0.25) is 5.15 Å². The van der Waals surface area contributed by atoms with Crippen LogP contribution >= 0.6 is 23.4 Å². The molecule has 0 saturated carbocycles. The van der Waals surface area contributed by atoms with E-state index in [-0.39, 0.29) is 5.91 Å². The van der Waals surface area contributed by atoms with Gasteiger partial charge in [-0.2, -0.15) is 0 Å². The first-order chi connectivity index (χ1) is 19.6. The minimum absolute atomic E-state index is 0.0256. The number of halogens is 1. The number of hydrogen-bond acceptors (Lipinski definition) is 8. The highest BCUT2D eigenvalue weighted by molar-refractivity contribution is 7.98. The second kappa shape index (κ2) is 14.1. The number of unbranched alkanes of at least 4 members (excludes halogenated alkanes) is 3. The smallest absolute Gasteiger partial charge is 0.251 e. The SMILES string of the molecule is CCCCCCNC(=O)c1cccc(CSc2nc(Cl)cc(N3CCN(Cc4ccc5c(c4)OCO5)CC3)n2)c1. The molecule has 0 atom stereocenters. The molecule has 0 radical (unpaired) electrons. The Labute approximate surface area is 245 Å². The van der Waals surface area contributed by atoms with E-state index in [4.69, 9.17) is 26.1 Å². The normalized spacial score (nSPS) is 14.9. The van der Waals surface area contributed by atoms with Gasteiger partial charge in [0.05, 0.1) is 0 Å². The summed E-state index contributed by atoms with van der Waals surface area (Å²) in [5.41, 5.74) is 2.95. The maximum absolute atomic E-state index is 12.6. The molecular weight excluding hydrogens is 546 g/mol. The number of hydrogen-bond donors (Lipinski definition) is 1. The number of anilines is 1. The van der Waals surface area contributed by atoms with E-state index in [1.54, 1.807) is 0 Å². The van der Waals surface area contributed by atoms with Crippen molar-refractivity contribution in [1.82, 2.24) is 20.2 Å². The summed E-state index contributed by atoms with van der Waals surface area (Å²) in [6.45, 7) is 7.62. The van der Waals surface area contributed by atoms with Crippen LogP contribution in [0.3, 0.4) is 0 Å². The van der Waals surface area contributed by atoms with Gasteiger partial charge in [0, 0.05) is 56.7 Å². The molecule has 0 unspecified atom stereocenters. The molecule has 1 fully saturated rings. The fraction of sp³-hybridized carbons (Fsp3) is 0.433. The summed E-state index contributed by atoms with van der Waals surface area (Å²) in [6, 6.07) is 15.7. The molecule has 2 aromatic carbocycles. The van der Waals surface area contributed by atoms with Gasteiger partial charge >= 0.3 is 0 Å². The van der Waals surface area contributed by atoms with Gasteiger partial charge in [0.25, 0.3) is 5.91 Å². The number of nitrogens with zero attached hydrogens (tertiary/aromatic N) is 4. The highest BCUT2D eigenvalue weighted by Crippen LogP contribution is 2.33. The Bertz CT molecular complexity index is 1300. The Morgan fingerprint density at radius 2 is 1.82 bits per heavy atom. The quantitative estimate of drug-likeness (QED) is 0.125. The van der Waals surface area contributed by atoms with Gasteiger partial charge < -0.3 is 19.7 Å². The third-order valence-electron chi connectivity index (χ3n) is 7.07.